The summed E-state index contributed by atoms with van der Waals surface area (Å²) in [6.45, 7) is 0. The molecule has 3 heteroatoms. The second-order valence-electron chi connectivity index (χ2n) is 4.59. The van der Waals surface area contributed by atoms with Crippen molar-refractivity contribution in [2.75, 3.05) is 7.05 Å². The fraction of sp³-hybridized carbons (Fsp3) is 0.188. The predicted molar refractivity (Wildman–Crippen MR) is 81.6 cm³/mol. The number of benzene rings is 1. The van der Waals surface area contributed by atoms with Crippen LogP contribution in [0.2, 0.25) is 0 Å². The van der Waals surface area contributed by atoms with Gasteiger partial charge in [0.1, 0.15) is 0 Å². The molecule has 0 spiro atoms. The van der Waals surface area contributed by atoms with Gasteiger partial charge in [0.25, 0.3) is 0 Å². The fourth-order valence-electron chi connectivity index (χ4n) is 2.39. The number of hydrogen-bond donors (Lipinski definition) is 1. The molecular formula is C16H16N2S. The number of nitrogens with zero attached hydrogens (tertiary/aromatic N) is 1. The lowest BCUT2D eigenvalue weighted by atomic mass is 9.99. The standard InChI is InChI=1S/C16H16N2S/c1-17-15(10-12-6-8-18-9-7-12)14-11-19-16-5-3-2-4-13(14)16/h2-9,11,15,17H,10H2,1H3. The summed E-state index contributed by atoms with van der Waals surface area (Å²) in [4.78, 5) is 4.07. The molecule has 1 unspecified atom stereocenters. The zero-order valence-corrected chi connectivity index (χ0v) is 11.7. The molecule has 1 N–H and O–H groups in total. The van der Waals surface area contributed by atoms with Crippen LogP contribution in [0.15, 0.2) is 54.2 Å². The summed E-state index contributed by atoms with van der Waals surface area (Å²) in [5.74, 6) is 0. The Morgan fingerprint density at radius 3 is 2.74 bits per heavy atom. The smallest absolute Gasteiger partial charge is 0.0372 e. The highest BCUT2D eigenvalue weighted by Gasteiger charge is 2.14. The number of rotatable bonds is 4. The van der Waals surface area contributed by atoms with Crippen molar-refractivity contribution in [1.82, 2.24) is 10.3 Å². The first-order valence-electron chi connectivity index (χ1n) is 6.41. The van der Waals surface area contributed by atoms with E-state index in [1.807, 2.05) is 30.8 Å². The molecule has 1 aromatic carbocycles. The molecule has 2 heterocycles. The Kier molecular flexibility index (Phi) is 3.58. The van der Waals surface area contributed by atoms with E-state index in [1.54, 1.807) is 0 Å². The van der Waals surface area contributed by atoms with E-state index in [-0.39, 0.29) is 0 Å². The Morgan fingerprint density at radius 1 is 1.16 bits per heavy atom. The molecule has 0 amide bonds. The van der Waals surface area contributed by atoms with E-state index in [1.165, 1.54) is 21.2 Å². The molecule has 1 atom stereocenters. The molecule has 0 radical (unpaired) electrons. The van der Waals surface area contributed by atoms with Gasteiger partial charge in [0.15, 0.2) is 0 Å². The average Bonchev–Trinajstić information content (AvgIpc) is 2.90. The summed E-state index contributed by atoms with van der Waals surface area (Å²) in [7, 11) is 2.03. The van der Waals surface area contributed by atoms with Crippen molar-refractivity contribution in [2.24, 2.45) is 0 Å². The van der Waals surface area contributed by atoms with Crippen molar-refractivity contribution in [3.05, 3.63) is 65.3 Å². The molecule has 3 aromatic rings. The summed E-state index contributed by atoms with van der Waals surface area (Å²) >= 11 is 1.82. The Labute approximate surface area is 117 Å². The fourth-order valence-corrected chi connectivity index (χ4v) is 3.41. The molecule has 0 saturated heterocycles. The molecule has 0 aliphatic carbocycles. The highest BCUT2D eigenvalue weighted by atomic mass is 32.1. The van der Waals surface area contributed by atoms with E-state index in [0.29, 0.717) is 6.04 Å². The zero-order chi connectivity index (χ0) is 13.1. The summed E-state index contributed by atoms with van der Waals surface area (Å²) in [6, 6.07) is 13.1. The van der Waals surface area contributed by atoms with Crippen molar-refractivity contribution in [3.63, 3.8) is 0 Å². The number of hydrogen-bond acceptors (Lipinski definition) is 3. The van der Waals surface area contributed by atoms with E-state index in [9.17, 15) is 0 Å². The normalized spacial score (nSPS) is 12.7. The van der Waals surface area contributed by atoms with Gasteiger partial charge in [-0.2, -0.15) is 0 Å². The molecule has 0 saturated carbocycles. The maximum absolute atomic E-state index is 4.07. The quantitative estimate of drug-likeness (QED) is 0.778. The number of thiophene rings is 1. The van der Waals surface area contributed by atoms with Gasteiger partial charge in [0.2, 0.25) is 0 Å². The van der Waals surface area contributed by atoms with Gasteiger partial charge in [-0.15, -0.1) is 11.3 Å². The van der Waals surface area contributed by atoms with Crippen LogP contribution in [0.5, 0.6) is 0 Å². The number of pyridine rings is 1. The monoisotopic (exact) mass is 268 g/mol. The Bertz CT molecular complexity index is 661. The molecule has 3 rings (SSSR count). The van der Waals surface area contributed by atoms with Crippen LogP contribution < -0.4 is 5.32 Å². The topological polar surface area (TPSA) is 24.9 Å². The lowest BCUT2D eigenvalue weighted by Crippen LogP contribution is -2.18. The van der Waals surface area contributed by atoms with Crippen molar-refractivity contribution in [2.45, 2.75) is 12.5 Å². The number of nitrogens with one attached hydrogen (secondary N) is 1. The van der Waals surface area contributed by atoms with E-state index in [0.717, 1.165) is 6.42 Å². The van der Waals surface area contributed by atoms with Crippen LogP contribution in [0.25, 0.3) is 10.1 Å². The van der Waals surface area contributed by atoms with Crippen LogP contribution in [0.4, 0.5) is 0 Å². The van der Waals surface area contributed by atoms with Gasteiger partial charge in [-0.25, -0.2) is 0 Å². The molecule has 19 heavy (non-hydrogen) atoms. The second-order valence-corrected chi connectivity index (χ2v) is 5.50. The minimum absolute atomic E-state index is 0.346. The predicted octanol–water partition coefficient (Wildman–Crippen LogP) is 3.80. The molecule has 96 valence electrons. The highest BCUT2D eigenvalue weighted by Crippen LogP contribution is 2.31. The molecule has 0 aliphatic heterocycles. The number of aromatic nitrogens is 1. The Balaban J connectivity index is 1.94. The van der Waals surface area contributed by atoms with E-state index >= 15 is 0 Å². The lowest BCUT2D eigenvalue weighted by Gasteiger charge is -2.16. The molecular weight excluding hydrogens is 252 g/mol. The largest absolute Gasteiger partial charge is 0.313 e. The lowest BCUT2D eigenvalue weighted by molar-refractivity contribution is 0.597. The third kappa shape index (κ3) is 2.53. The second kappa shape index (κ2) is 5.51. The van der Waals surface area contributed by atoms with Crippen molar-refractivity contribution >= 4 is 21.4 Å². The van der Waals surface area contributed by atoms with Crippen LogP contribution in [0, 0.1) is 0 Å². The summed E-state index contributed by atoms with van der Waals surface area (Å²) < 4.78 is 1.35. The third-order valence-corrected chi connectivity index (χ3v) is 4.41. The van der Waals surface area contributed by atoms with Gasteiger partial charge in [0.05, 0.1) is 0 Å². The maximum Gasteiger partial charge on any atom is 0.0372 e. The van der Waals surface area contributed by atoms with Crippen molar-refractivity contribution in [1.29, 1.82) is 0 Å². The third-order valence-electron chi connectivity index (χ3n) is 3.42. The van der Waals surface area contributed by atoms with Crippen LogP contribution in [0.3, 0.4) is 0 Å². The van der Waals surface area contributed by atoms with Crippen LogP contribution >= 0.6 is 11.3 Å². The van der Waals surface area contributed by atoms with Gasteiger partial charge >= 0.3 is 0 Å². The van der Waals surface area contributed by atoms with Crippen molar-refractivity contribution < 1.29 is 0 Å². The molecule has 0 bridgehead atoms. The molecule has 2 nitrogen and oxygen atoms in total. The van der Waals surface area contributed by atoms with Gasteiger partial charge in [-0.05, 0) is 53.6 Å². The molecule has 0 fully saturated rings. The minimum Gasteiger partial charge on any atom is -0.313 e. The van der Waals surface area contributed by atoms with E-state index in [4.69, 9.17) is 0 Å². The zero-order valence-electron chi connectivity index (χ0n) is 10.8. The minimum atomic E-state index is 0.346. The van der Waals surface area contributed by atoms with Crippen molar-refractivity contribution in [3.8, 4) is 0 Å². The number of likely N-dealkylation sites (N-methyl/N-ethyl adjacent to an activating group) is 1. The summed E-state index contributed by atoms with van der Waals surface area (Å²) in [6.07, 6.45) is 4.70. The van der Waals surface area contributed by atoms with Crippen LogP contribution in [-0.2, 0) is 6.42 Å². The molecule has 2 aromatic heterocycles. The average molecular weight is 268 g/mol. The van der Waals surface area contributed by atoms with E-state index < -0.39 is 0 Å². The SMILES string of the molecule is CNC(Cc1ccncc1)c1csc2ccccc12. The highest BCUT2D eigenvalue weighted by molar-refractivity contribution is 7.17. The first-order chi connectivity index (χ1) is 9.38. The van der Waals surface area contributed by atoms with Gasteiger partial charge < -0.3 is 5.32 Å². The van der Waals surface area contributed by atoms with Crippen LogP contribution in [-0.4, -0.2) is 12.0 Å². The van der Waals surface area contributed by atoms with Crippen LogP contribution in [0.1, 0.15) is 17.2 Å². The Morgan fingerprint density at radius 2 is 1.95 bits per heavy atom. The number of fused-ring (bicyclic) bond motifs is 1. The van der Waals surface area contributed by atoms with E-state index in [2.05, 4.69) is 52.1 Å². The van der Waals surface area contributed by atoms with Gasteiger partial charge in [-0.1, -0.05) is 18.2 Å². The maximum atomic E-state index is 4.07. The van der Waals surface area contributed by atoms with Gasteiger partial charge in [-0.3, -0.25) is 4.98 Å². The first kappa shape index (κ1) is 12.3. The van der Waals surface area contributed by atoms with Gasteiger partial charge in [0, 0.05) is 23.1 Å². The first-order valence-corrected chi connectivity index (χ1v) is 7.29. The summed E-state index contributed by atoms with van der Waals surface area (Å²) in [5.41, 5.74) is 2.70. The Hall–Kier alpha value is -1.71. The summed E-state index contributed by atoms with van der Waals surface area (Å²) in [5, 5.41) is 7.06. The molecule has 0 aliphatic rings.